The fraction of sp³-hybridized carbons (Fsp3) is 0.333. The molecule has 1 aliphatic rings. The smallest absolute Gasteiger partial charge is 0.231 e. The Hall–Kier alpha value is -1.70. The van der Waals surface area contributed by atoms with Crippen molar-refractivity contribution in [1.29, 1.82) is 0 Å². The number of ether oxygens (including phenoxy) is 2. The Morgan fingerprint density at radius 2 is 1.76 bits per heavy atom. The summed E-state index contributed by atoms with van der Waals surface area (Å²) in [5, 5.41) is 2.44. The molecule has 0 radical (unpaired) electrons. The number of fused-ring (bicyclic) bond motifs is 2. The van der Waals surface area contributed by atoms with E-state index in [2.05, 4.69) is 44.2 Å². The average Bonchev–Trinajstić information content (AvgIpc) is 2.81. The topological polar surface area (TPSA) is 18.5 Å². The molecule has 2 nitrogen and oxygen atoms in total. The molecule has 1 heterocycles. The summed E-state index contributed by atoms with van der Waals surface area (Å²) in [5.74, 6) is 2.32. The monoisotopic (exact) mass is 228 g/mol. The second-order valence-electron chi connectivity index (χ2n) is 4.62. The predicted molar refractivity (Wildman–Crippen MR) is 68.8 cm³/mol. The molecule has 17 heavy (non-hydrogen) atoms. The molecule has 2 aromatic rings. The standard InChI is InChI=1S/C15H16O2/c1-3-10(2)11-4-5-12-7-14-15(17-9-16-14)8-13(12)6-11/h4-8,10H,3,9H2,1-2H3. The SMILES string of the molecule is CCC(C)c1ccc2cc3c(cc2c1)OCO3. The van der Waals surface area contributed by atoms with Crippen molar-refractivity contribution in [3.05, 3.63) is 35.9 Å². The van der Waals surface area contributed by atoms with Gasteiger partial charge >= 0.3 is 0 Å². The van der Waals surface area contributed by atoms with E-state index in [1.54, 1.807) is 0 Å². The zero-order valence-corrected chi connectivity index (χ0v) is 10.2. The summed E-state index contributed by atoms with van der Waals surface area (Å²) in [6, 6.07) is 10.8. The minimum Gasteiger partial charge on any atom is -0.454 e. The molecule has 88 valence electrons. The molecular formula is C15H16O2. The highest BCUT2D eigenvalue weighted by molar-refractivity contribution is 5.87. The van der Waals surface area contributed by atoms with Gasteiger partial charge in [-0.15, -0.1) is 0 Å². The van der Waals surface area contributed by atoms with Crippen LogP contribution in [0.2, 0.25) is 0 Å². The minimum absolute atomic E-state index is 0.337. The van der Waals surface area contributed by atoms with Crippen LogP contribution in [0, 0.1) is 0 Å². The molecule has 0 spiro atoms. The van der Waals surface area contributed by atoms with Gasteiger partial charge in [-0.1, -0.05) is 32.0 Å². The van der Waals surface area contributed by atoms with Crippen molar-refractivity contribution in [3.8, 4) is 11.5 Å². The van der Waals surface area contributed by atoms with E-state index in [-0.39, 0.29) is 0 Å². The Morgan fingerprint density at radius 3 is 2.47 bits per heavy atom. The minimum atomic E-state index is 0.337. The summed E-state index contributed by atoms with van der Waals surface area (Å²) in [7, 11) is 0. The van der Waals surface area contributed by atoms with Gasteiger partial charge in [0.05, 0.1) is 0 Å². The van der Waals surface area contributed by atoms with Crippen LogP contribution >= 0.6 is 0 Å². The Kier molecular flexibility index (Phi) is 2.43. The molecular weight excluding hydrogens is 212 g/mol. The van der Waals surface area contributed by atoms with Crippen LogP contribution in [0.25, 0.3) is 10.8 Å². The fourth-order valence-electron chi connectivity index (χ4n) is 2.20. The van der Waals surface area contributed by atoms with E-state index in [9.17, 15) is 0 Å². The number of benzene rings is 2. The van der Waals surface area contributed by atoms with Gasteiger partial charge in [0.1, 0.15) is 0 Å². The molecule has 0 saturated heterocycles. The number of hydrogen-bond acceptors (Lipinski definition) is 2. The molecule has 2 heteroatoms. The van der Waals surface area contributed by atoms with Crippen LogP contribution in [0.3, 0.4) is 0 Å². The van der Waals surface area contributed by atoms with Crippen molar-refractivity contribution in [2.45, 2.75) is 26.2 Å². The second-order valence-corrected chi connectivity index (χ2v) is 4.62. The van der Waals surface area contributed by atoms with E-state index < -0.39 is 0 Å². The third kappa shape index (κ3) is 1.74. The molecule has 0 bridgehead atoms. The molecule has 2 aromatic carbocycles. The Labute approximate surface area is 101 Å². The molecule has 3 rings (SSSR count). The van der Waals surface area contributed by atoms with Gasteiger partial charge in [0.25, 0.3) is 0 Å². The first-order valence-corrected chi connectivity index (χ1v) is 6.11. The fourth-order valence-corrected chi connectivity index (χ4v) is 2.20. The van der Waals surface area contributed by atoms with E-state index in [0.29, 0.717) is 12.7 Å². The maximum Gasteiger partial charge on any atom is 0.231 e. The maximum atomic E-state index is 5.41. The van der Waals surface area contributed by atoms with Crippen LogP contribution < -0.4 is 9.47 Å². The largest absolute Gasteiger partial charge is 0.454 e. The van der Waals surface area contributed by atoms with E-state index in [1.165, 1.54) is 16.3 Å². The highest BCUT2D eigenvalue weighted by Crippen LogP contribution is 2.37. The zero-order chi connectivity index (χ0) is 11.8. The maximum absolute atomic E-state index is 5.41. The molecule has 0 N–H and O–H groups in total. The van der Waals surface area contributed by atoms with Crippen LogP contribution in [-0.4, -0.2) is 6.79 Å². The van der Waals surface area contributed by atoms with Crippen LogP contribution in [0.4, 0.5) is 0 Å². The van der Waals surface area contributed by atoms with Gasteiger partial charge in [0.15, 0.2) is 11.5 Å². The highest BCUT2D eigenvalue weighted by Gasteiger charge is 2.14. The molecule has 0 aromatic heterocycles. The van der Waals surface area contributed by atoms with Crippen LogP contribution in [0.15, 0.2) is 30.3 Å². The Morgan fingerprint density at radius 1 is 1.06 bits per heavy atom. The molecule has 0 amide bonds. The zero-order valence-electron chi connectivity index (χ0n) is 10.2. The number of hydrogen-bond donors (Lipinski definition) is 0. The van der Waals surface area contributed by atoms with Crippen LogP contribution in [0.5, 0.6) is 11.5 Å². The molecule has 0 saturated carbocycles. The van der Waals surface area contributed by atoms with Crippen molar-refractivity contribution in [3.63, 3.8) is 0 Å². The molecule has 0 fully saturated rings. The summed E-state index contributed by atoms with van der Waals surface area (Å²) >= 11 is 0. The van der Waals surface area contributed by atoms with E-state index in [1.807, 2.05) is 0 Å². The van der Waals surface area contributed by atoms with Gasteiger partial charge in [-0.25, -0.2) is 0 Å². The predicted octanol–water partition coefficient (Wildman–Crippen LogP) is 4.08. The molecule has 1 aliphatic heterocycles. The lowest BCUT2D eigenvalue weighted by Crippen LogP contribution is -1.92. The summed E-state index contributed by atoms with van der Waals surface area (Å²) in [4.78, 5) is 0. The first kappa shape index (κ1) is 10.5. The van der Waals surface area contributed by atoms with Gasteiger partial charge in [-0.05, 0) is 40.8 Å². The van der Waals surface area contributed by atoms with E-state index >= 15 is 0 Å². The third-order valence-electron chi connectivity index (χ3n) is 3.54. The third-order valence-corrected chi connectivity index (χ3v) is 3.54. The Balaban J connectivity index is 2.13. The molecule has 1 unspecified atom stereocenters. The lowest BCUT2D eigenvalue weighted by atomic mass is 9.96. The van der Waals surface area contributed by atoms with Crippen molar-refractivity contribution in [1.82, 2.24) is 0 Å². The van der Waals surface area contributed by atoms with Crippen LogP contribution in [0.1, 0.15) is 31.7 Å². The quantitative estimate of drug-likeness (QED) is 0.771. The summed E-state index contributed by atoms with van der Waals surface area (Å²) in [6.07, 6.45) is 1.16. The lowest BCUT2D eigenvalue weighted by molar-refractivity contribution is 0.174. The van der Waals surface area contributed by atoms with Gasteiger partial charge in [-0.2, -0.15) is 0 Å². The normalized spacial score (nSPS) is 15.2. The summed E-state index contributed by atoms with van der Waals surface area (Å²) < 4.78 is 10.8. The highest BCUT2D eigenvalue weighted by atomic mass is 16.7. The van der Waals surface area contributed by atoms with Gasteiger partial charge in [0, 0.05) is 0 Å². The number of rotatable bonds is 2. The first-order valence-electron chi connectivity index (χ1n) is 6.11. The van der Waals surface area contributed by atoms with Crippen molar-refractivity contribution in [2.75, 3.05) is 6.79 Å². The van der Waals surface area contributed by atoms with E-state index in [0.717, 1.165) is 17.9 Å². The second kappa shape index (κ2) is 3.95. The first-order chi connectivity index (χ1) is 8.28. The van der Waals surface area contributed by atoms with Crippen LogP contribution in [-0.2, 0) is 0 Å². The Bertz CT molecular complexity index is 560. The van der Waals surface area contributed by atoms with Gasteiger partial charge in [0.2, 0.25) is 6.79 Å². The van der Waals surface area contributed by atoms with Crippen molar-refractivity contribution < 1.29 is 9.47 Å². The molecule has 1 atom stereocenters. The van der Waals surface area contributed by atoms with Gasteiger partial charge in [-0.3, -0.25) is 0 Å². The van der Waals surface area contributed by atoms with Gasteiger partial charge < -0.3 is 9.47 Å². The van der Waals surface area contributed by atoms with Crippen molar-refractivity contribution in [2.24, 2.45) is 0 Å². The average molecular weight is 228 g/mol. The lowest BCUT2D eigenvalue weighted by Gasteiger charge is -2.10. The van der Waals surface area contributed by atoms with E-state index in [4.69, 9.17) is 9.47 Å². The van der Waals surface area contributed by atoms with Crippen molar-refractivity contribution >= 4 is 10.8 Å². The molecule has 0 aliphatic carbocycles. The summed E-state index contributed by atoms with van der Waals surface area (Å²) in [6.45, 7) is 4.81. The summed E-state index contributed by atoms with van der Waals surface area (Å²) in [5.41, 5.74) is 1.39.